The fourth-order valence-corrected chi connectivity index (χ4v) is 4.04. The molecule has 2 aromatic carbocycles. The van der Waals surface area contributed by atoms with Gasteiger partial charge in [0.1, 0.15) is 0 Å². The van der Waals surface area contributed by atoms with Crippen LogP contribution in [-0.4, -0.2) is 21.5 Å². The lowest BCUT2D eigenvalue weighted by Crippen LogP contribution is -2.22. The molecule has 23 heavy (non-hydrogen) atoms. The van der Waals surface area contributed by atoms with Gasteiger partial charge in [-0.1, -0.05) is 6.07 Å². The first-order valence-corrected chi connectivity index (χ1v) is 9.26. The summed E-state index contributed by atoms with van der Waals surface area (Å²) in [7, 11) is -3.63. The molecule has 0 radical (unpaired) electrons. The second-order valence-corrected chi connectivity index (χ2v) is 7.56. The Labute approximate surface area is 138 Å². The SMILES string of the molecule is CCN(CC)c1ccc(N)c(S(=O)(=O)c2ccc(C)c(C)c2)c1. The van der Waals surface area contributed by atoms with Crippen molar-refractivity contribution in [1.29, 1.82) is 0 Å². The van der Waals surface area contributed by atoms with Crippen LogP contribution in [0, 0.1) is 13.8 Å². The molecule has 0 fully saturated rings. The molecule has 5 heteroatoms. The number of anilines is 2. The van der Waals surface area contributed by atoms with Crippen molar-refractivity contribution in [3.05, 3.63) is 47.5 Å². The maximum atomic E-state index is 13.0. The van der Waals surface area contributed by atoms with Crippen molar-refractivity contribution in [2.45, 2.75) is 37.5 Å². The van der Waals surface area contributed by atoms with E-state index in [1.165, 1.54) is 0 Å². The summed E-state index contributed by atoms with van der Waals surface area (Å²) in [4.78, 5) is 2.55. The Balaban J connectivity index is 2.59. The molecule has 0 aliphatic rings. The lowest BCUT2D eigenvalue weighted by atomic mass is 10.1. The van der Waals surface area contributed by atoms with Gasteiger partial charge in [0.05, 0.1) is 15.5 Å². The van der Waals surface area contributed by atoms with Gasteiger partial charge in [-0.25, -0.2) is 8.42 Å². The molecule has 0 aliphatic heterocycles. The first-order valence-electron chi connectivity index (χ1n) is 7.78. The third-order valence-corrected chi connectivity index (χ3v) is 6.01. The highest BCUT2D eigenvalue weighted by Crippen LogP contribution is 2.30. The highest BCUT2D eigenvalue weighted by molar-refractivity contribution is 7.91. The first-order chi connectivity index (χ1) is 10.8. The molecule has 2 N–H and O–H groups in total. The molecule has 0 bridgehead atoms. The van der Waals surface area contributed by atoms with Crippen LogP contribution < -0.4 is 10.6 Å². The van der Waals surface area contributed by atoms with Gasteiger partial charge in [-0.2, -0.15) is 0 Å². The lowest BCUT2D eigenvalue weighted by molar-refractivity contribution is 0.596. The number of aryl methyl sites for hydroxylation is 2. The Morgan fingerprint density at radius 1 is 0.957 bits per heavy atom. The molecule has 2 aromatic rings. The van der Waals surface area contributed by atoms with Gasteiger partial charge in [0.15, 0.2) is 0 Å². The van der Waals surface area contributed by atoms with Crippen LogP contribution in [0.25, 0.3) is 0 Å². The Bertz CT molecular complexity index is 810. The van der Waals surface area contributed by atoms with Crippen LogP contribution in [0.15, 0.2) is 46.2 Å². The van der Waals surface area contributed by atoms with E-state index in [2.05, 4.69) is 4.90 Å². The summed E-state index contributed by atoms with van der Waals surface area (Å²) in [6.07, 6.45) is 0. The maximum Gasteiger partial charge on any atom is 0.208 e. The zero-order chi connectivity index (χ0) is 17.2. The van der Waals surface area contributed by atoms with Gasteiger partial charge < -0.3 is 10.6 Å². The van der Waals surface area contributed by atoms with Crippen LogP contribution >= 0.6 is 0 Å². The number of sulfone groups is 1. The second-order valence-electron chi connectivity index (χ2n) is 5.64. The van der Waals surface area contributed by atoms with E-state index in [4.69, 9.17) is 5.73 Å². The van der Waals surface area contributed by atoms with E-state index in [1.807, 2.05) is 39.8 Å². The van der Waals surface area contributed by atoms with Gasteiger partial charge in [-0.15, -0.1) is 0 Å². The highest BCUT2D eigenvalue weighted by Gasteiger charge is 2.22. The van der Waals surface area contributed by atoms with Crippen LogP contribution in [0.4, 0.5) is 11.4 Å². The molecule has 0 aliphatic carbocycles. The summed E-state index contributed by atoms with van der Waals surface area (Å²) in [5.41, 5.74) is 9.12. The van der Waals surface area contributed by atoms with E-state index in [-0.39, 0.29) is 15.5 Å². The zero-order valence-electron chi connectivity index (χ0n) is 14.1. The summed E-state index contributed by atoms with van der Waals surface area (Å²) >= 11 is 0. The predicted molar refractivity (Wildman–Crippen MR) is 95.8 cm³/mol. The molecule has 0 unspecified atom stereocenters. The third kappa shape index (κ3) is 3.34. The molecule has 0 atom stereocenters. The zero-order valence-corrected chi connectivity index (χ0v) is 14.9. The molecular formula is C18H24N2O2S. The molecule has 0 saturated carbocycles. The van der Waals surface area contributed by atoms with E-state index in [0.717, 1.165) is 29.9 Å². The first kappa shape index (κ1) is 17.3. The van der Waals surface area contributed by atoms with Gasteiger partial charge >= 0.3 is 0 Å². The van der Waals surface area contributed by atoms with Gasteiger partial charge in [0.2, 0.25) is 9.84 Å². The third-order valence-electron chi connectivity index (χ3n) is 4.20. The van der Waals surface area contributed by atoms with Gasteiger partial charge in [-0.3, -0.25) is 0 Å². The number of benzene rings is 2. The Morgan fingerprint density at radius 3 is 2.17 bits per heavy atom. The molecule has 0 spiro atoms. The predicted octanol–water partition coefficient (Wildman–Crippen LogP) is 3.56. The summed E-state index contributed by atoms with van der Waals surface area (Å²) in [6.45, 7) is 9.56. The van der Waals surface area contributed by atoms with Crippen molar-refractivity contribution in [3.8, 4) is 0 Å². The standard InChI is InChI=1S/C18H24N2O2S/c1-5-20(6-2)15-8-10-17(19)18(12-15)23(21,22)16-9-7-13(3)14(4)11-16/h7-12H,5-6,19H2,1-4H3. The second kappa shape index (κ2) is 6.62. The smallest absolute Gasteiger partial charge is 0.208 e. The van der Waals surface area contributed by atoms with Crippen molar-refractivity contribution in [2.24, 2.45) is 0 Å². The topological polar surface area (TPSA) is 63.4 Å². The van der Waals surface area contributed by atoms with E-state index in [0.29, 0.717) is 0 Å². The van der Waals surface area contributed by atoms with Crippen molar-refractivity contribution < 1.29 is 8.42 Å². The molecule has 124 valence electrons. The van der Waals surface area contributed by atoms with Gasteiger partial charge in [-0.05, 0) is 69.2 Å². The summed E-state index contributed by atoms with van der Waals surface area (Å²) in [6, 6.07) is 10.4. The van der Waals surface area contributed by atoms with E-state index < -0.39 is 9.84 Å². The maximum absolute atomic E-state index is 13.0. The quantitative estimate of drug-likeness (QED) is 0.850. The number of nitrogens with two attached hydrogens (primary N) is 1. The Morgan fingerprint density at radius 2 is 1.61 bits per heavy atom. The summed E-state index contributed by atoms with van der Waals surface area (Å²) in [5, 5.41) is 0. The molecule has 2 rings (SSSR count). The van der Waals surface area contributed by atoms with Crippen molar-refractivity contribution >= 4 is 21.2 Å². The van der Waals surface area contributed by atoms with E-state index in [9.17, 15) is 8.42 Å². The minimum absolute atomic E-state index is 0.171. The van der Waals surface area contributed by atoms with Crippen LogP contribution in [0.2, 0.25) is 0 Å². The fraction of sp³-hybridized carbons (Fsp3) is 0.333. The highest BCUT2D eigenvalue weighted by atomic mass is 32.2. The molecule has 0 aromatic heterocycles. The summed E-state index contributed by atoms with van der Waals surface area (Å²) in [5.74, 6) is 0. The normalized spacial score (nSPS) is 11.5. The Kier molecular flexibility index (Phi) is 5.00. The average molecular weight is 332 g/mol. The van der Waals surface area contributed by atoms with Gasteiger partial charge in [0, 0.05) is 18.8 Å². The summed E-state index contributed by atoms with van der Waals surface area (Å²) < 4.78 is 25.9. The van der Waals surface area contributed by atoms with Crippen molar-refractivity contribution in [3.63, 3.8) is 0 Å². The van der Waals surface area contributed by atoms with Crippen LogP contribution in [0.1, 0.15) is 25.0 Å². The number of rotatable bonds is 5. The fourth-order valence-electron chi connectivity index (χ4n) is 2.55. The average Bonchev–Trinajstić information content (AvgIpc) is 2.52. The van der Waals surface area contributed by atoms with Gasteiger partial charge in [0.25, 0.3) is 0 Å². The minimum Gasteiger partial charge on any atom is -0.398 e. The number of nitrogens with zero attached hydrogens (tertiary/aromatic N) is 1. The van der Waals surface area contributed by atoms with Crippen LogP contribution in [-0.2, 0) is 9.84 Å². The van der Waals surface area contributed by atoms with Crippen molar-refractivity contribution in [2.75, 3.05) is 23.7 Å². The molecule has 0 saturated heterocycles. The lowest BCUT2D eigenvalue weighted by Gasteiger charge is -2.22. The van der Waals surface area contributed by atoms with Crippen LogP contribution in [0.3, 0.4) is 0 Å². The largest absolute Gasteiger partial charge is 0.398 e. The number of nitrogen functional groups attached to an aromatic ring is 1. The van der Waals surface area contributed by atoms with E-state index >= 15 is 0 Å². The Hall–Kier alpha value is -2.01. The number of hydrogen-bond donors (Lipinski definition) is 1. The van der Waals surface area contributed by atoms with Crippen molar-refractivity contribution in [1.82, 2.24) is 0 Å². The van der Waals surface area contributed by atoms with E-state index in [1.54, 1.807) is 24.3 Å². The molecule has 4 nitrogen and oxygen atoms in total. The monoisotopic (exact) mass is 332 g/mol. The van der Waals surface area contributed by atoms with Crippen LogP contribution in [0.5, 0.6) is 0 Å². The molecule has 0 heterocycles. The molecular weight excluding hydrogens is 308 g/mol. The minimum atomic E-state index is -3.63. The molecule has 0 amide bonds. The number of hydrogen-bond acceptors (Lipinski definition) is 4.